The van der Waals surface area contributed by atoms with E-state index in [1.54, 1.807) is 12.3 Å². The molecule has 1 aliphatic heterocycles. The van der Waals surface area contributed by atoms with Crippen LogP contribution in [-0.4, -0.2) is 30.5 Å². The number of nitrogens with one attached hydrogen (secondary N) is 3. The molecule has 1 amide bonds. The van der Waals surface area contributed by atoms with E-state index in [0.717, 1.165) is 30.5 Å². The van der Waals surface area contributed by atoms with Gasteiger partial charge in [0.25, 0.3) is 5.91 Å². The smallest absolute Gasteiger partial charge is 0.267 e. The lowest BCUT2D eigenvalue weighted by Gasteiger charge is -2.22. The minimum Gasteiger partial charge on any atom is -0.356 e. The van der Waals surface area contributed by atoms with Gasteiger partial charge in [-0.25, -0.2) is 0 Å². The van der Waals surface area contributed by atoms with Gasteiger partial charge in [-0.2, -0.15) is 0 Å². The summed E-state index contributed by atoms with van der Waals surface area (Å²) in [4.78, 5) is 14.6. The van der Waals surface area contributed by atoms with Gasteiger partial charge in [-0.15, -0.1) is 0 Å². The van der Waals surface area contributed by atoms with Gasteiger partial charge in [-0.1, -0.05) is 0 Å². The van der Waals surface area contributed by atoms with Crippen molar-refractivity contribution < 1.29 is 4.79 Å². The highest BCUT2D eigenvalue weighted by Gasteiger charge is 2.13. The maximum atomic E-state index is 11.7. The second-order valence-corrected chi connectivity index (χ2v) is 5.40. The number of hydrogen-bond acceptors (Lipinski definition) is 2. The first-order valence-electron chi connectivity index (χ1n) is 6.08. The molecule has 94 valence electrons. The molecule has 1 saturated heterocycles. The van der Waals surface area contributed by atoms with Gasteiger partial charge in [0.05, 0.1) is 0 Å². The maximum absolute atomic E-state index is 11.7. The van der Waals surface area contributed by atoms with Crippen molar-refractivity contribution in [1.29, 1.82) is 0 Å². The number of carbonyl (C=O) groups excluding carboxylic acids is 1. The molecule has 0 radical (unpaired) electrons. The van der Waals surface area contributed by atoms with Gasteiger partial charge in [0.1, 0.15) is 5.69 Å². The van der Waals surface area contributed by atoms with E-state index in [4.69, 9.17) is 0 Å². The lowest BCUT2D eigenvalue weighted by atomic mass is 9.96. The Morgan fingerprint density at radius 2 is 2.47 bits per heavy atom. The molecule has 2 heterocycles. The average Bonchev–Trinajstić information content (AvgIpc) is 2.77. The Hall–Kier alpha value is -0.810. The van der Waals surface area contributed by atoms with Crippen molar-refractivity contribution in [2.45, 2.75) is 19.3 Å². The number of aromatic nitrogens is 1. The third kappa shape index (κ3) is 3.85. The van der Waals surface area contributed by atoms with Crippen molar-refractivity contribution in [2.75, 3.05) is 19.6 Å². The van der Waals surface area contributed by atoms with Crippen molar-refractivity contribution in [1.82, 2.24) is 15.6 Å². The Morgan fingerprint density at radius 3 is 3.12 bits per heavy atom. The Labute approximate surface area is 110 Å². The lowest BCUT2D eigenvalue weighted by Crippen LogP contribution is -2.33. The molecule has 4 nitrogen and oxygen atoms in total. The van der Waals surface area contributed by atoms with Gasteiger partial charge in [-0.05, 0) is 60.3 Å². The summed E-state index contributed by atoms with van der Waals surface area (Å²) in [5, 5.41) is 6.32. The average molecular weight is 300 g/mol. The van der Waals surface area contributed by atoms with Crippen molar-refractivity contribution in [3.8, 4) is 0 Å². The number of carbonyl (C=O) groups is 1. The Kier molecular flexibility index (Phi) is 4.62. The molecule has 1 aromatic heterocycles. The third-order valence-electron chi connectivity index (χ3n) is 3.13. The lowest BCUT2D eigenvalue weighted by molar-refractivity contribution is 0.0946. The fourth-order valence-corrected chi connectivity index (χ4v) is 2.50. The van der Waals surface area contributed by atoms with E-state index in [0.29, 0.717) is 11.6 Å². The molecule has 3 N–H and O–H groups in total. The van der Waals surface area contributed by atoms with Crippen LogP contribution in [0, 0.1) is 5.92 Å². The second kappa shape index (κ2) is 6.21. The van der Waals surface area contributed by atoms with Gasteiger partial charge in [0, 0.05) is 17.2 Å². The molecule has 1 aliphatic rings. The Bertz CT molecular complexity index is 372. The molecule has 0 aliphatic carbocycles. The van der Waals surface area contributed by atoms with Crippen LogP contribution in [0.15, 0.2) is 16.7 Å². The summed E-state index contributed by atoms with van der Waals surface area (Å²) >= 11 is 3.31. The van der Waals surface area contributed by atoms with Crippen molar-refractivity contribution >= 4 is 21.8 Å². The topological polar surface area (TPSA) is 56.9 Å². The van der Waals surface area contributed by atoms with E-state index in [2.05, 4.69) is 31.5 Å². The zero-order valence-corrected chi connectivity index (χ0v) is 11.3. The van der Waals surface area contributed by atoms with Gasteiger partial charge >= 0.3 is 0 Å². The van der Waals surface area contributed by atoms with Crippen LogP contribution in [0.2, 0.25) is 0 Å². The highest BCUT2D eigenvalue weighted by atomic mass is 79.9. The minimum atomic E-state index is -0.0283. The molecule has 5 heteroatoms. The van der Waals surface area contributed by atoms with E-state index >= 15 is 0 Å². The molecule has 0 bridgehead atoms. The first-order valence-corrected chi connectivity index (χ1v) is 6.88. The molecule has 1 aromatic rings. The number of piperidine rings is 1. The monoisotopic (exact) mass is 299 g/mol. The van der Waals surface area contributed by atoms with Crippen LogP contribution in [0.25, 0.3) is 0 Å². The fourth-order valence-electron chi connectivity index (χ4n) is 2.15. The van der Waals surface area contributed by atoms with Crippen molar-refractivity contribution in [2.24, 2.45) is 5.92 Å². The van der Waals surface area contributed by atoms with Crippen LogP contribution in [0.1, 0.15) is 29.8 Å². The fraction of sp³-hybridized carbons (Fsp3) is 0.583. The number of aromatic amines is 1. The van der Waals surface area contributed by atoms with Crippen LogP contribution in [0.4, 0.5) is 0 Å². The highest BCUT2D eigenvalue weighted by Crippen LogP contribution is 2.13. The predicted octanol–water partition coefficient (Wildman–Crippen LogP) is 1.90. The number of H-pyrrole nitrogens is 1. The van der Waals surface area contributed by atoms with E-state index in [-0.39, 0.29) is 5.91 Å². The summed E-state index contributed by atoms with van der Waals surface area (Å²) in [5.41, 5.74) is 0.610. The molecule has 17 heavy (non-hydrogen) atoms. The maximum Gasteiger partial charge on any atom is 0.267 e. The minimum absolute atomic E-state index is 0.0283. The Balaban J connectivity index is 1.69. The summed E-state index contributed by atoms with van der Waals surface area (Å²) in [5.74, 6) is 0.680. The standard InChI is InChI=1S/C12H18BrN3O/c13-10-6-11(16-8-10)12(17)15-5-3-9-2-1-4-14-7-9/h6,8-9,14,16H,1-5,7H2,(H,15,17). The van der Waals surface area contributed by atoms with Gasteiger partial charge in [0.2, 0.25) is 0 Å². The SMILES string of the molecule is O=C(NCCC1CCCNC1)c1cc(Br)c[nH]1. The summed E-state index contributed by atoms with van der Waals surface area (Å²) in [7, 11) is 0. The summed E-state index contributed by atoms with van der Waals surface area (Å²) in [6.45, 7) is 2.98. The number of halogens is 1. The van der Waals surface area contributed by atoms with Crippen LogP contribution in [0.3, 0.4) is 0 Å². The van der Waals surface area contributed by atoms with E-state index in [1.807, 2.05) is 0 Å². The molecule has 1 unspecified atom stereocenters. The quantitative estimate of drug-likeness (QED) is 0.795. The second-order valence-electron chi connectivity index (χ2n) is 4.49. The number of hydrogen-bond donors (Lipinski definition) is 3. The summed E-state index contributed by atoms with van der Waals surface area (Å²) in [6, 6.07) is 1.79. The summed E-state index contributed by atoms with van der Waals surface area (Å²) < 4.78 is 0.902. The largest absolute Gasteiger partial charge is 0.356 e. The first-order chi connectivity index (χ1) is 8.25. The third-order valence-corrected chi connectivity index (χ3v) is 3.59. The zero-order valence-electron chi connectivity index (χ0n) is 9.76. The molecule has 1 atom stereocenters. The van der Waals surface area contributed by atoms with E-state index < -0.39 is 0 Å². The number of rotatable bonds is 4. The van der Waals surface area contributed by atoms with Gasteiger partial charge in [-0.3, -0.25) is 4.79 Å². The molecular weight excluding hydrogens is 282 g/mol. The van der Waals surface area contributed by atoms with Crippen LogP contribution >= 0.6 is 15.9 Å². The molecule has 1 fully saturated rings. The van der Waals surface area contributed by atoms with Crippen LogP contribution in [0.5, 0.6) is 0 Å². The normalized spacial score (nSPS) is 20.2. The Morgan fingerprint density at radius 1 is 1.59 bits per heavy atom. The summed E-state index contributed by atoms with van der Waals surface area (Å²) in [6.07, 6.45) is 5.35. The first kappa shape index (κ1) is 12.6. The zero-order chi connectivity index (χ0) is 12.1. The highest BCUT2D eigenvalue weighted by molar-refractivity contribution is 9.10. The molecule has 0 aromatic carbocycles. The van der Waals surface area contributed by atoms with Crippen molar-refractivity contribution in [3.05, 3.63) is 22.4 Å². The van der Waals surface area contributed by atoms with Crippen LogP contribution < -0.4 is 10.6 Å². The molecule has 0 spiro atoms. The molecule has 2 rings (SSSR count). The van der Waals surface area contributed by atoms with Gasteiger partial charge in [0.15, 0.2) is 0 Å². The molecule has 0 saturated carbocycles. The van der Waals surface area contributed by atoms with Gasteiger partial charge < -0.3 is 15.6 Å². The van der Waals surface area contributed by atoms with Crippen LogP contribution in [-0.2, 0) is 0 Å². The predicted molar refractivity (Wildman–Crippen MR) is 71.0 cm³/mol. The van der Waals surface area contributed by atoms with Crippen molar-refractivity contribution in [3.63, 3.8) is 0 Å². The van der Waals surface area contributed by atoms with E-state index in [9.17, 15) is 4.79 Å². The molecular formula is C12H18BrN3O. The number of amides is 1. The van der Waals surface area contributed by atoms with E-state index in [1.165, 1.54) is 12.8 Å².